The number of ether oxygens (including phenoxy) is 1. The first-order valence-corrected chi connectivity index (χ1v) is 11.8. The Morgan fingerprint density at radius 3 is 2.65 bits per heavy atom. The molecule has 5 atom stereocenters. The first-order chi connectivity index (χ1) is 14.7. The number of amides is 2. The van der Waals surface area contributed by atoms with Crippen LogP contribution in [0.15, 0.2) is 25.3 Å². The lowest BCUT2D eigenvalue weighted by atomic mass is 9.66. The molecular formula is C23H34N2O5S. The van der Waals surface area contributed by atoms with Gasteiger partial charge in [-0.15, -0.1) is 18.3 Å². The number of nitrogens with zero attached hydrogens (tertiary/aromatic N) is 2. The van der Waals surface area contributed by atoms with E-state index in [0.29, 0.717) is 19.4 Å². The van der Waals surface area contributed by atoms with Crippen LogP contribution in [-0.4, -0.2) is 80.6 Å². The number of hydrogen-bond donors (Lipinski definition) is 1. The highest BCUT2D eigenvalue weighted by Crippen LogP contribution is 2.71. The molecule has 0 aromatic carbocycles. The number of aliphatic hydroxyl groups is 1. The van der Waals surface area contributed by atoms with E-state index in [0.717, 1.165) is 6.42 Å². The van der Waals surface area contributed by atoms with Crippen molar-refractivity contribution in [2.75, 3.05) is 26.3 Å². The Kier molecular flexibility index (Phi) is 6.91. The Morgan fingerprint density at radius 1 is 1.35 bits per heavy atom. The molecule has 1 spiro atoms. The number of rotatable bonds is 10. The summed E-state index contributed by atoms with van der Waals surface area (Å²) in [6.07, 6.45) is 5.04. The van der Waals surface area contributed by atoms with Gasteiger partial charge >= 0.3 is 5.97 Å². The van der Waals surface area contributed by atoms with Gasteiger partial charge in [0.15, 0.2) is 0 Å². The zero-order valence-corrected chi connectivity index (χ0v) is 19.5. The van der Waals surface area contributed by atoms with Crippen LogP contribution >= 0.6 is 11.8 Å². The van der Waals surface area contributed by atoms with Crippen molar-refractivity contribution in [1.82, 2.24) is 9.80 Å². The van der Waals surface area contributed by atoms with E-state index in [-0.39, 0.29) is 37.6 Å². The standard InChI is InChI=1S/C23H34N2O5S/c1-6-11-24(15(3)4)20(28)18-23-10-9-22(5,31-23)17(21(29)30-14-7-2)16(23)19(27)25(18)12-8-13-26/h6-7,15-18,26H,1-2,8-14H2,3-5H3/t16-,17+,18?,22-,23?/m0/s1. The van der Waals surface area contributed by atoms with Crippen LogP contribution in [0.3, 0.4) is 0 Å². The summed E-state index contributed by atoms with van der Waals surface area (Å²) in [6.45, 7) is 14.0. The van der Waals surface area contributed by atoms with Gasteiger partial charge in [0, 0.05) is 30.5 Å². The predicted octanol–water partition coefficient (Wildman–Crippen LogP) is 2.00. The summed E-state index contributed by atoms with van der Waals surface area (Å²) in [5.41, 5.74) is 0. The Hall–Kier alpha value is -1.80. The van der Waals surface area contributed by atoms with Crippen molar-refractivity contribution in [1.29, 1.82) is 0 Å². The third-order valence-corrected chi connectivity index (χ3v) is 8.88. The van der Waals surface area contributed by atoms with Gasteiger partial charge in [0.1, 0.15) is 12.6 Å². The second kappa shape index (κ2) is 8.98. The molecule has 0 saturated carbocycles. The number of carbonyl (C=O) groups is 3. The smallest absolute Gasteiger partial charge is 0.311 e. The molecule has 1 N–H and O–H groups in total. The molecular weight excluding hydrogens is 416 g/mol. The van der Waals surface area contributed by atoms with Crippen LogP contribution in [-0.2, 0) is 19.1 Å². The number of likely N-dealkylation sites (tertiary alicyclic amines) is 1. The highest BCUT2D eigenvalue weighted by atomic mass is 32.2. The lowest BCUT2D eigenvalue weighted by Crippen LogP contribution is -2.56. The molecule has 172 valence electrons. The van der Waals surface area contributed by atoms with Gasteiger partial charge in [-0.1, -0.05) is 18.7 Å². The van der Waals surface area contributed by atoms with Gasteiger partial charge in [0.05, 0.1) is 16.6 Å². The summed E-state index contributed by atoms with van der Waals surface area (Å²) in [5, 5.41) is 9.40. The normalized spacial score (nSPS) is 33.5. The van der Waals surface area contributed by atoms with E-state index in [2.05, 4.69) is 13.2 Å². The average molecular weight is 451 g/mol. The molecule has 2 unspecified atom stereocenters. The van der Waals surface area contributed by atoms with E-state index in [1.54, 1.807) is 27.6 Å². The zero-order chi connectivity index (χ0) is 23.0. The lowest BCUT2D eigenvalue weighted by Gasteiger charge is -2.38. The SMILES string of the molecule is C=CCOC(=O)[C@H]1[C@H]2C(=O)N(CCCO)C(C(=O)N(CC=C)C(C)C)C23CC[C@]1(C)S3. The summed E-state index contributed by atoms with van der Waals surface area (Å²) in [7, 11) is 0. The molecule has 2 amide bonds. The molecule has 0 radical (unpaired) electrons. The first kappa shape index (κ1) is 23.9. The summed E-state index contributed by atoms with van der Waals surface area (Å²) in [5.74, 6) is -1.87. The number of aliphatic hydroxyl groups excluding tert-OH is 1. The topological polar surface area (TPSA) is 87.1 Å². The van der Waals surface area contributed by atoms with Crippen molar-refractivity contribution >= 4 is 29.5 Å². The van der Waals surface area contributed by atoms with Crippen molar-refractivity contribution in [3.8, 4) is 0 Å². The van der Waals surface area contributed by atoms with Crippen molar-refractivity contribution in [3.63, 3.8) is 0 Å². The predicted molar refractivity (Wildman–Crippen MR) is 120 cm³/mol. The highest BCUT2D eigenvalue weighted by Gasteiger charge is 2.77. The fraction of sp³-hybridized carbons (Fsp3) is 0.696. The number of fused-ring (bicyclic) bond motifs is 1. The van der Waals surface area contributed by atoms with Gasteiger partial charge in [0.2, 0.25) is 11.8 Å². The molecule has 3 aliphatic rings. The Labute approximate surface area is 188 Å². The number of hydrogen-bond acceptors (Lipinski definition) is 6. The molecule has 3 aliphatic heterocycles. The van der Waals surface area contributed by atoms with Crippen LogP contribution in [0.25, 0.3) is 0 Å². The van der Waals surface area contributed by atoms with Crippen LogP contribution in [0.2, 0.25) is 0 Å². The molecule has 2 bridgehead atoms. The van der Waals surface area contributed by atoms with E-state index in [9.17, 15) is 19.5 Å². The van der Waals surface area contributed by atoms with Crippen molar-refractivity contribution in [2.24, 2.45) is 11.8 Å². The fourth-order valence-corrected chi connectivity index (χ4v) is 7.97. The monoisotopic (exact) mass is 450 g/mol. The maximum Gasteiger partial charge on any atom is 0.311 e. The molecule has 0 aromatic rings. The number of esters is 1. The Bertz CT molecular complexity index is 771. The number of thioether (sulfide) groups is 1. The maximum atomic E-state index is 13.9. The van der Waals surface area contributed by atoms with Crippen molar-refractivity contribution in [3.05, 3.63) is 25.3 Å². The van der Waals surface area contributed by atoms with Crippen LogP contribution in [0, 0.1) is 11.8 Å². The van der Waals surface area contributed by atoms with E-state index >= 15 is 0 Å². The summed E-state index contributed by atoms with van der Waals surface area (Å²) >= 11 is 1.62. The molecule has 3 fully saturated rings. The minimum absolute atomic E-state index is 0.0525. The maximum absolute atomic E-state index is 13.9. The van der Waals surface area contributed by atoms with Crippen LogP contribution in [0.1, 0.15) is 40.0 Å². The summed E-state index contributed by atoms with van der Waals surface area (Å²) in [6, 6.07) is -0.716. The van der Waals surface area contributed by atoms with Crippen molar-refractivity contribution < 1.29 is 24.2 Å². The van der Waals surface area contributed by atoms with E-state index < -0.39 is 33.3 Å². The molecule has 8 heteroatoms. The van der Waals surface area contributed by atoms with Gasteiger partial charge in [-0.05, 0) is 40.0 Å². The molecule has 3 rings (SSSR count). The fourth-order valence-electron chi connectivity index (χ4n) is 5.63. The Morgan fingerprint density at radius 2 is 2.06 bits per heavy atom. The van der Waals surface area contributed by atoms with Gasteiger partial charge in [-0.25, -0.2) is 0 Å². The minimum Gasteiger partial charge on any atom is -0.461 e. The second-order valence-corrected chi connectivity index (χ2v) is 11.0. The third-order valence-electron chi connectivity index (χ3n) is 6.90. The molecule has 7 nitrogen and oxygen atoms in total. The first-order valence-electron chi connectivity index (χ1n) is 11.0. The van der Waals surface area contributed by atoms with Gasteiger partial charge in [0.25, 0.3) is 0 Å². The average Bonchev–Trinajstić information content (AvgIpc) is 3.28. The van der Waals surface area contributed by atoms with Crippen LogP contribution < -0.4 is 0 Å². The molecule has 3 heterocycles. The van der Waals surface area contributed by atoms with Gasteiger partial charge in [-0.3, -0.25) is 14.4 Å². The second-order valence-electron chi connectivity index (χ2n) is 9.13. The molecule has 0 aromatic heterocycles. The molecule has 31 heavy (non-hydrogen) atoms. The van der Waals surface area contributed by atoms with E-state index in [1.165, 1.54) is 6.08 Å². The van der Waals surface area contributed by atoms with Crippen LogP contribution in [0.5, 0.6) is 0 Å². The summed E-state index contributed by atoms with van der Waals surface area (Å²) < 4.78 is 4.29. The zero-order valence-electron chi connectivity index (χ0n) is 18.7. The lowest BCUT2D eigenvalue weighted by molar-refractivity contribution is -0.154. The van der Waals surface area contributed by atoms with Crippen LogP contribution in [0.4, 0.5) is 0 Å². The Balaban J connectivity index is 2.05. The molecule has 3 saturated heterocycles. The van der Waals surface area contributed by atoms with Gasteiger partial charge < -0.3 is 19.6 Å². The third kappa shape index (κ3) is 3.71. The van der Waals surface area contributed by atoms with E-state index in [4.69, 9.17) is 4.74 Å². The molecule has 0 aliphatic carbocycles. The quantitative estimate of drug-likeness (QED) is 0.405. The van der Waals surface area contributed by atoms with Gasteiger partial charge in [-0.2, -0.15) is 0 Å². The highest BCUT2D eigenvalue weighted by molar-refractivity contribution is 8.02. The minimum atomic E-state index is -0.664. The summed E-state index contributed by atoms with van der Waals surface area (Å²) in [4.78, 5) is 43.9. The largest absolute Gasteiger partial charge is 0.461 e. The van der Waals surface area contributed by atoms with E-state index in [1.807, 2.05) is 20.8 Å². The van der Waals surface area contributed by atoms with Crippen molar-refractivity contribution in [2.45, 2.75) is 61.6 Å². The number of carbonyl (C=O) groups excluding carboxylic acids is 3.